The van der Waals surface area contributed by atoms with Crippen molar-refractivity contribution in [3.63, 3.8) is 0 Å². The molecule has 3 amide bonds. The van der Waals surface area contributed by atoms with Gasteiger partial charge in [0.25, 0.3) is 0 Å². The average Bonchev–Trinajstić information content (AvgIpc) is 2.79. The molecule has 0 bridgehead atoms. The third-order valence-electron chi connectivity index (χ3n) is 5.02. The second kappa shape index (κ2) is 10.3. The minimum Gasteiger partial charge on any atom is -0.341 e. The SMILES string of the molecule is CNC(=O)Nc1cc(N(C)C(=O)CCCc2ccccc2)ccc1-c1ccccc1. The monoisotopic (exact) mass is 401 g/mol. The van der Waals surface area contributed by atoms with E-state index < -0.39 is 0 Å². The lowest BCUT2D eigenvalue weighted by molar-refractivity contribution is -0.118. The smallest absolute Gasteiger partial charge is 0.318 e. The van der Waals surface area contributed by atoms with E-state index in [0.29, 0.717) is 12.1 Å². The summed E-state index contributed by atoms with van der Waals surface area (Å²) >= 11 is 0. The fourth-order valence-electron chi connectivity index (χ4n) is 3.30. The van der Waals surface area contributed by atoms with Crippen molar-refractivity contribution in [3.05, 3.63) is 84.4 Å². The molecule has 0 aliphatic carbocycles. The Morgan fingerprint density at radius 3 is 2.23 bits per heavy atom. The molecule has 0 radical (unpaired) electrons. The molecule has 0 atom stereocenters. The molecular weight excluding hydrogens is 374 g/mol. The molecule has 5 heteroatoms. The maximum Gasteiger partial charge on any atom is 0.318 e. The van der Waals surface area contributed by atoms with Crippen LogP contribution in [0.2, 0.25) is 0 Å². The molecule has 0 aromatic heterocycles. The number of carbonyl (C=O) groups is 2. The molecule has 30 heavy (non-hydrogen) atoms. The maximum atomic E-state index is 12.7. The molecule has 0 fully saturated rings. The quantitative estimate of drug-likeness (QED) is 0.579. The lowest BCUT2D eigenvalue weighted by Crippen LogP contribution is -2.27. The van der Waals surface area contributed by atoms with Gasteiger partial charge in [-0.1, -0.05) is 66.7 Å². The summed E-state index contributed by atoms with van der Waals surface area (Å²) in [7, 11) is 3.34. The van der Waals surface area contributed by atoms with Crippen LogP contribution in [0.3, 0.4) is 0 Å². The summed E-state index contributed by atoms with van der Waals surface area (Å²) in [6, 6.07) is 25.4. The Balaban J connectivity index is 1.74. The first kappa shape index (κ1) is 21.1. The van der Waals surface area contributed by atoms with Crippen molar-refractivity contribution in [2.24, 2.45) is 0 Å². The number of anilines is 2. The summed E-state index contributed by atoms with van der Waals surface area (Å²) in [5.41, 5.74) is 4.52. The average molecular weight is 402 g/mol. The zero-order valence-electron chi connectivity index (χ0n) is 17.4. The van der Waals surface area contributed by atoms with E-state index in [1.54, 1.807) is 19.0 Å². The van der Waals surface area contributed by atoms with Gasteiger partial charge in [-0.15, -0.1) is 0 Å². The summed E-state index contributed by atoms with van der Waals surface area (Å²) in [6.45, 7) is 0. The molecule has 0 spiro atoms. The van der Waals surface area contributed by atoms with Gasteiger partial charge < -0.3 is 15.5 Å². The number of rotatable bonds is 7. The Morgan fingerprint density at radius 2 is 1.57 bits per heavy atom. The Hall–Kier alpha value is -3.60. The molecule has 0 aliphatic heterocycles. The fourth-order valence-corrected chi connectivity index (χ4v) is 3.30. The van der Waals surface area contributed by atoms with Crippen molar-refractivity contribution in [2.45, 2.75) is 19.3 Å². The van der Waals surface area contributed by atoms with Crippen molar-refractivity contribution in [2.75, 3.05) is 24.3 Å². The number of nitrogens with zero attached hydrogens (tertiary/aromatic N) is 1. The van der Waals surface area contributed by atoms with E-state index in [-0.39, 0.29) is 11.9 Å². The van der Waals surface area contributed by atoms with E-state index in [0.717, 1.165) is 29.7 Å². The first-order chi connectivity index (χ1) is 14.6. The summed E-state index contributed by atoms with van der Waals surface area (Å²) in [5.74, 6) is 0.0456. The molecule has 3 aromatic rings. The molecule has 0 unspecified atom stereocenters. The van der Waals surface area contributed by atoms with Gasteiger partial charge in [-0.2, -0.15) is 0 Å². The summed E-state index contributed by atoms with van der Waals surface area (Å²) < 4.78 is 0. The van der Waals surface area contributed by atoms with Crippen LogP contribution in [-0.4, -0.2) is 26.0 Å². The number of nitrogens with one attached hydrogen (secondary N) is 2. The van der Waals surface area contributed by atoms with E-state index in [2.05, 4.69) is 22.8 Å². The normalized spacial score (nSPS) is 10.3. The molecule has 0 aliphatic rings. The van der Waals surface area contributed by atoms with Crippen molar-refractivity contribution in [1.82, 2.24) is 5.32 Å². The number of benzene rings is 3. The summed E-state index contributed by atoms with van der Waals surface area (Å²) in [5, 5.41) is 5.45. The van der Waals surface area contributed by atoms with Crippen molar-refractivity contribution in [1.29, 1.82) is 0 Å². The van der Waals surface area contributed by atoms with Crippen LogP contribution in [0.25, 0.3) is 11.1 Å². The molecule has 0 saturated carbocycles. The lowest BCUT2D eigenvalue weighted by atomic mass is 10.0. The van der Waals surface area contributed by atoms with Crippen molar-refractivity contribution >= 4 is 23.3 Å². The van der Waals surface area contributed by atoms with Gasteiger partial charge in [0.2, 0.25) is 5.91 Å². The van der Waals surface area contributed by atoms with Gasteiger partial charge in [0.05, 0.1) is 5.69 Å². The topological polar surface area (TPSA) is 61.4 Å². The van der Waals surface area contributed by atoms with Gasteiger partial charge in [0.1, 0.15) is 0 Å². The van der Waals surface area contributed by atoms with Gasteiger partial charge >= 0.3 is 6.03 Å². The van der Waals surface area contributed by atoms with E-state index in [4.69, 9.17) is 0 Å². The fraction of sp³-hybridized carbons (Fsp3) is 0.200. The predicted octanol–water partition coefficient (Wildman–Crippen LogP) is 5.09. The molecule has 3 rings (SSSR count). The van der Waals surface area contributed by atoms with Crippen LogP contribution in [0.4, 0.5) is 16.2 Å². The lowest BCUT2D eigenvalue weighted by Gasteiger charge is -2.20. The van der Waals surface area contributed by atoms with Crippen LogP contribution in [0, 0.1) is 0 Å². The number of carbonyl (C=O) groups excluding carboxylic acids is 2. The van der Waals surface area contributed by atoms with Gasteiger partial charge in [-0.05, 0) is 36.1 Å². The van der Waals surface area contributed by atoms with Crippen molar-refractivity contribution < 1.29 is 9.59 Å². The maximum absolute atomic E-state index is 12.7. The van der Waals surface area contributed by atoms with E-state index >= 15 is 0 Å². The Morgan fingerprint density at radius 1 is 0.900 bits per heavy atom. The van der Waals surface area contributed by atoms with Crippen LogP contribution in [0.1, 0.15) is 18.4 Å². The third-order valence-corrected chi connectivity index (χ3v) is 5.02. The van der Waals surface area contributed by atoms with Gasteiger partial charge in [-0.25, -0.2) is 4.79 Å². The second-order valence-corrected chi connectivity index (χ2v) is 7.09. The van der Waals surface area contributed by atoms with E-state index in [1.165, 1.54) is 5.56 Å². The van der Waals surface area contributed by atoms with Crippen molar-refractivity contribution in [3.8, 4) is 11.1 Å². The first-order valence-corrected chi connectivity index (χ1v) is 10.1. The highest BCUT2D eigenvalue weighted by Gasteiger charge is 2.15. The number of urea groups is 1. The Kier molecular flexibility index (Phi) is 7.22. The Labute approximate surface area is 177 Å². The number of hydrogen-bond donors (Lipinski definition) is 2. The van der Waals surface area contributed by atoms with Crippen LogP contribution in [0.15, 0.2) is 78.9 Å². The second-order valence-electron chi connectivity index (χ2n) is 7.09. The molecule has 0 saturated heterocycles. The van der Waals surface area contributed by atoms with E-state index in [1.807, 2.05) is 66.7 Å². The molecule has 154 valence electrons. The zero-order valence-corrected chi connectivity index (χ0v) is 17.4. The number of amides is 3. The standard InChI is InChI=1S/C25H27N3O2/c1-26-25(30)27-23-18-21(16-17-22(23)20-13-7-4-8-14-20)28(2)24(29)15-9-12-19-10-5-3-6-11-19/h3-8,10-11,13-14,16-18H,9,12,15H2,1-2H3,(H2,26,27,30). The molecular formula is C25H27N3O2. The van der Waals surface area contributed by atoms with Crippen LogP contribution >= 0.6 is 0 Å². The van der Waals surface area contributed by atoms with Crippen LogP contribution in [0.5, 0.6) is 0 Å². The Bertz CT molecular complexity index is 988. The minimum atomic E-state index is -0.304. The molecule has 5 nitrogen and oxygen atoms in total. The third kappa shape index (κ3) is 5.47. The van der Waals surface area contributed by atoms with Gasteiger partial charge in [0.15, 0.2) is 0 Å². The molecule has 0 heterocycles. The summed E-state index contributed by atoms with van der Waals surface area (Å²) in [4.78, 5) is 26.3. The highest BCUT2D eigenvalue weighted by molar-refractivity contribution is 5.98. The number of aryl methyl sites for hydroxylation is 1. The molecule has 2 N–H and O–H groups in total. The first-order valence-electron chi connectivity index (χ1n) is 10.1. The highest BCUT2D eigenvalue weighted by atomic mass is 16.2. The van der Waals surface area contributed by atoms with Crippen LogP contribution < -0.4 is 15.5 Å². The van der Waals surface area contributed by atoms with Crippen LogP contribution in [-0.2, 0) is 11.2 Å². The predicted molar refractivity (Wildman–Crippen MR) is 123 cm³/mol. The number of hydrogen-bond acceptors (Lipinski definition) is 2. The zero-order chi connectivity index (χ0) is 21.3. The highest BCUT2D eigenvalue weighted by Crippen LogP contribution is 2.32. The largest absolute Gasteiger partial charge is 0.341 e. The minimum absolute atomic E-state index is 0.0456. The summed E-state index contributed by atoms with van der Waals surface area (Å²) in [6.07, 6.45) is 2.12. The van der Waals surface area contributed by atoms with E-state index in [9.17, 15) is 9.59 Å². The van der Waals surface area contributed by atoms with Gasteiger partial charge in [0, 0.05) is 31.8 Å². The molecule has 3 aromatic carbocycles. The van der Waals surface area contributed by atoms with Gasteiger partial charge in [-0.3, -0.25) is 4.79 Å².